The van der Waals surface area contributed by atoms with Gasteiger partial charge in [-0.05, 0) is 52.9 Å². The van der Waals surface area contributed by atoms with E-state index in [9.17, 15) is 14.0 Å². The van der Waals surface area contributed by atoms with Crippen LogP contribution in [-0.4, -0.2) is 43.4 Å². The van der Waals surface area contributed by atoms with Crippen molar-refractivity contribution in [2.24, 2.45) is 5.10 Å². The van der Waals surface area contributed by atoms with Crippen LogP contribution in [-0.2, 0) is 14.3 Å². The molecule has 1 amide bonds. The third-order valence-corrected chi connectivity index (χ3v) is 6.28. The first kappa shape index (κ1) is 24.2. The number of ether oxygens (including phenoxy) is 3. The number of carbonyl (C=O) groups is 2. The van der Waals surface area contributed by atoms with E-state index in [1.54, 1.807) is 26.4 Å². The molecule has 1 aromatic heterocycles. The zero-order valence-electron chi connectivity index (χ0n) is 19.1. The van der Waals surface area contributed by atoms with Crippen molar-refractivity contribution in [2.75, 3.05) is 20.8 Å². The van der Waals surface area contributed by atoms with E-state index in [1.807, 2.05) is 29.6 Å². The van der Waals surface area contributed by atoms with Gasteiger partial charge < -0.3 is 14.2 Å². The number of benzene rings is 2. The number of esters is 1. The number of methoxy groups -OCH3 is 2. The van der Waals surface area contributed by atoms with E-state index in [2.05, 4.69) is 5.10 Å². The number of carbonyl (C=O) groups excluding carboxylic acids is 2. The van der Waals surface area contributed by atoms with E-state index in [-0.39, 0.29) is 0 Å². The molecule has 2 aromatic carbocycles. The molecule has 7 nitrogen and oxygen atoms in total. The minimum Gasteiger partial charge on any atom is -0.493 e. The minimum absolute atomic E-state index is 0.402. The van der Waals surface area contributed by atoms with E-state index < -0.39 is 30.3 Å². The van der Waals surface area contributed by atoms with E-state index in [4.69, 9.17) is 14.2 Å². The van der Waals surface area contributed by atoms with Crippen LogP contribution in [0.3, 0.4) is 0 Å². The molecule has 0 radical (unpaired) electrons. The fourth-order valence-corrected chi connectivity index (χ4v) is 4.39. The van der Waals surface area contributed by atoms with Gasteiger partial charge in [-0.3, -0.25) is 4.79 Å². The molecule has 1 unspecified atom stereocenters. The number of hydrogen-bond acceptors (Lipinski definition) is 7. The zero-order chi connectivity index (χ0) is 24.8. The Labute approximate surface area is 206 Å². The van der Waals surface area contributed by atoms with E-state index in [0.717, 1.165) is 22.2 Å². The average Bonchev–Trinajstić information content (AvgIpc) is 3.56. The van der Waals surface area contributed by atoms with Crippen LogP contribution < -0.4 is 9.47 Å². The predicted octanol–water partition coefficient (Wildman–Crippen LogP) is 4.84. The van der Waals surface area contributed by atoms with Crippen molar-refractivity contribution >= 4 is 35.0 Å². The summed E-state index contributed by atoms with van der Waals surface area (Å²) < 4.78 is 29.2. The summed E-state index contributed by atoms with van der Waals surface area (Å²) >= 11 is 1.53. The Morgan fingerprint density at radius 2 is 1.94 bits per heavy atom. The Hall–Kier alpha value is -3.98. The van der Waals surface area contributed by atoms with E-state index in [0.29, 0.717) is 23.5 Å². The largest absolute Gasteiger partial charge is 0.493 e. The number of rotatable bonds is 8. The molecule has 0 saturated heterocycles. The van der Waals surface area contributed by atoms with Crippen LogP contribution in [0, 0.1) is 5.82 Å². The fraction of sp³-hybridized carbons (Fsp3) is 0.192. The molecule has 0 fully saturated rings. The predicted molar refractivity (Wildman–Crippen MR) is 131 cm³/mol. The van der Waals surface area contributed by atoms with Crippen LogP contribution in [0.2, 0.25) is 0 Å². The summed E-state index contributed by atoms with van der Waals surface area (Å²) in [6.07, 6.45) is 3.07. The molecule has 180 valence electrons. The third-order valence-electron chi connectivity index (χ3n) is 5.36. The summed E-state index contributed by atoms with van der Waals surface area (Å²) in [7, 11) is 3.10. The molecule has 0 saturated carbocycles. The third kappa shape index (κ3) is 5.75. The molecule has 0 aliphatic carbocycles. The number of hydrazone groups is 1. The van der Waals surface area contributed by atoms with Crippen molar-refractivity contribution in [3.8, 4) is 11.5 Å². The Kier molecular flexibility index (Phi) is 7.57. The monoisotopic (exact) mass is 494 g/mol. The normalized spacial score (nSPS) is 15.2. The number of thiophene rings is 1. The minimum atomic E-state index is -0.716. The molecule has 9 heteroatoms. The van der Waals surface area contributed by atoms with Gasteiger partial charge in [-0.15, -0.1) is 11.3 Å². The second-order valence-electron chi connectivity index (χ2n) is 7.59. The standard InChI is InChI=1S/C26H23FN2O5S/c1-32-22-10-9-18(14-23(22)33-2)21-15-20(24-7-4-12-35-24)28-29(21)25(30)16-34-26(31)11-8-17-5-3-6-19(27)13-17/h3-14,21H,15-16H2,1-2H3. The van der Waals surface area contributed by atoms with E-state index in [1.165, 1.54) is 40.6 Å². The number of nitrogens with zero attached hydrogens (tertiary/aromatic N) is 2. The lowest BCUT2D eigenvalue weighted by Crippen LogP contribution is -2.31. The lowest BCUT2D eigenvalue weighted by Gasteiger charge is -2.22. The smallest absolute Gasteiger partial charge is 0.331 e. The summed E-state index contributed by atoms with van der Waals surface area (Å²) in [5, 5.41) is 7.85. The molecule has 0 N–H and O–H groups in total. The summed E-state index contributed by atoms with van der Waals surface area (Å²) in [6, 6.07) is 14.7. The topological polar surface area (TPSA) is 77.4 Å². The molecule has 2 heterocycles. The van der Waals surface area contributed by atoms with E-state index >= 15 is 0 Å². The maximum atomic E-state index is 13.3. The van der Waals surface area contributed by atoms with Crippen molar-refractivity contribution in [3.63, 3.8) is 0 Å². The first-order valence-corrected chi connectivity index (χ1v) is 11.6. The average molecular weight is 495 g/mol. The quantitative estimate of drug-likeness (QED) is 0.331. The molecule has 0 bridgehead atoms. The molecule has 1 aliphatic rings. The summed E-state index contributed by atoms with van der Waals surface area (Å²) in [5.74, 6) is -0.484. The Bertz CT molecular complexity index is 1270. The fourth-order valence-electron chi connectivity index (χ4n) is 3.67. The molecule has 1 atom stereocenters. The zero-order valence-corrected chi connectivity index (χ0v) is 20.0. The van der Waals surface area contributed by atoms with Gasteiger partial charge in [0, 0.05) is 12.5 Å². The lowest BCUT2D eigenvalue weighted by molar-refractivity contribution is -0.149. The van der Waals surface area contributed by atoms with Crippen LogP contribution in [0.15, 0.2) is 71.2 Å². The van der Waals surface area contributed by atoms with Crippen molar-refractivity contribution in [3.05, 3.63) is 87.9 Å². The number of hydrogen-bond donors (Lipinski definition) is 0. The summed E-state index contributed by atoms with van der Waals surface area (Å²) in [6.45, 7) is -0.489. The van der Waals surface area contributed by atoms with Crippen LogP contribution in [0.25, 0.3) is 6.08 Å². The number of amides is 1. The molecule has 1 aliphatic heterocycles. The van der Waals surface area contributed by atoms with Gasteiger partial charge in [-0.2, -0.15) is 5.10 Å². The second kappa shape index (κ2) is 11.0. The molecule has 4 rings (SSSR count). The van der Waals surface area contributed by atoms with Crippen LogP contribution in [0.4, 0.5) is 4.39 Å². The van der Waals surface area contributed by atoms with Crippen LogP contribution in [0.5, 0.6) is 11.5 Å². The van der Waals surface area contributed by atoms with Gasteiger partial charge >= 0.3 is 5.97 Å². The van der Waals surface area contributed by atoms with Gasteiger partial charge in [0.2, 0.25) is 0 Å². The SMILES string of the molecule is COc1ccc(C2CC(c3cccs3)=NN2C(=O)COC(=O)C=Cc2cccc(F)c2)cc1OC. The van der Waals surface area contributed by atoms with Crippen molar-refractivity contribution < 1.29 is 28.2 Å². The summed E-state index contributed by atoms with van der Waals surface area (Å²) in [5.41, 5.74) is 2.08. The highest BCUT2D eigenvalue weighted by molar-refractivity contribution is 7.12. The molecular weight excluding hydrogens is 471 g/mol. The second-order valence-corrected chi connectivity index (χ2v) is 8.54. The highest BCUT2D eigenvalue weighted by Gasteiger charge is 2.34. The van der Waals surface area contributed by atoms with Gasteiger partial charge in [0.05, 0.1) is 30.9 Å². The maximum absolute atomic E-state index is 13.3. The van der Waals surface area contributed by atoms with Gasteiger partial charge in [-0.25, -0.2) is 14.2 Å². The van der Waals surface area contributed by atoms with Crippen molar-refractivity contribution in [2.45, 2.75) is 12.5 Å². The first-order valence-electron chi connectivity index (χ1n) is 10.7. The van der Waals surface area contributed by atoms with Crippen LogP contribution >= 0.6 is 11.3 Å². The van der Waals surface area contributed by atoms with Crippen molar-refractivity contribution in [1.82, 2.24) is 5.01 Å². The Morgan fingerprint density at radius 1 is 1.11 bits per heavy atom. The highest BCUT2D eigenvalue weighted by atomic mass is 32.1. The molecular formula is C26H23FN2O5S. The Morgan fingerprint density at radius 3 is 2.66 bits per heavy atom. The van der Waals surface area contributed by atoms with Gasteiger partial charge in [0.1, 0.15) is 5.82 Å². The van der Waals surface area contributed by atoms with Gasteiger partial charge in [-0.1, -0.05) is 24.3 Å². The Balaban J connectivity index is 1.50. The molecule has 3 aromatic rings. The van der Waals surface area contributed by atoms with Crippen molar-refractivity contribution in [1.29, 1.82) is 0 Å². The number of halogens is 1. The molecule has 0 spiro atoms. The summed E-state index contributed by atoms with van der Waals surface area (Å²) in [4.78, 5) is 26.2. The highest BCUT2D eigenvalue weighted by Crippen LogP contribution is 2.37. The first-order chi connectivity index (χ1) is 17.0. The lowest BCUT2D eigenvalue weighted by atomic mass is 10.0. The van der Waals surface area contributed by atoms with Gasteiger partial charge in [0.25, 0.3) is 5.91 Å². The maximum Gasteiger partial charge on any atom is 0.331 e. The van der Waals surface area contributed by atoms with Crippen LogP contribution in [0.1, 0.15) is 28.5 Å². The van der Waals surface area contributed by atoms with Gasteiger partial charge in [0.15, 0.2) is 18.1 Å². The molecule has 35 heavy (non-hydrogen) atoms.